The fourth-order valence-corrected chi connectivity index (χ4v) is 3.39. The van der Waals surface area contributed by atoms with E-state index in [1.165, 1.54) is 0 Å². The highest BCUT2D eigenvalue weighted by atomic mass is 16.7. The Labute approximate surface area is 226 Å². The zero-order valence-corrected chi connectivity index (χ0v) is 23.7. The molecule has 9 nitrogen and oxygen atoms in total. The summed E-state index contributed by atoms with van der Waals surface area (Å²) >= 11 is 0. The van der Waals surface area contributed by atoms with E-state index in [9.17, 15) is 14.4 Å². The lowest BCUT2D eigenvalue weighted by molar-refractivity contribution is -0.182. The number of ether oxygens (including phenoxy) is 6. The van der Waals surface area contributed by atoms with Gasteiger partial charge in [-0.25, -0.2) is 0 Å². The summed E-state index contributed by atoms with van der Waals surface area (Å²) in [5, 5.41) is 0. The fourth-order valence-electron chi connectivity index (χ4n) is 3.39. The summed E-state index contributed by atoms with van der Waals surface area (Å²) in [6, 6.07) is 3.83. The van der Waals surface area contributed by atoms with Gasteiger partial charge in [-0.15, -0.1) is 0 Å². The quantitative estimate of drug-likeness (QED) is 0.120. The largest absolute Gasteiger partial charge is 0.436 e. The van der Waals surface area contributed by atoms with Crippen LogP contribution in [0, 0.1) is 0 Å². The van der Waals surface area contributed by atoms with Gasteiger partial charge in [0.25, 0.3) is 0 Å². The van der Waals surface area contributed by atoms with Gasteiger partial charge in [-0.05, 0) is 22.3 Å². The Kier molecular flexibility index (Phi) is 16.2. The zero-order valence-electron chi connectivity index (χ0n) is 23.7. The molecule has 0 aliphatic rings. The molecule has 0 heterocycles. The van der Waals surface area contributed by atoms with Crippen LogP contribution in [-0.4, -0.2) is 36.8 Å². The maximum Gasteiger partial charge on any atom is 0.307 e. The van der Waals surface area contributed by atoms with Gasteiger partial charge >= 0.3 is 17.9 Å². The van der Waals surface area contributed by atoms with E-state index in [2.05, 4.69) is 6.58 Å². The summed E-state index contributed by atoms with van der Waals surface area (Å²) in [5.74, 6) is -1.01. The van der Waals surface area contributed by atoms with E-state index in [-0.39, 0.29) is 57.0 Å². The van der Waals surface area contributed by atoms with Crippen molar-refractivity contribution < 1.29 is 42.8 Å². The molecule has 38 heavy (non-hydrogen) atoms. The molecule has 0 aliphatic carbocycles. The molecule has 0 bridgehead atoms. The SMILES string of the molecule is C=Cc1c(COC(CC)OC(=O)CC)cc(COC(CC)OC(=O)CC)cc1COC(CC)OC(=O)CC. The van der Waals surface area contributed by atoms with Crippen LogP contribution in [0.4, 0.5) is 0 Å². The van der Waals surface area contributed by atoms with E-state index in [0.29, 0.717) is 19.3 Å². The molecule has 0 aromatic heterocycles. The van der Waals surface area contributed by atoms with E-state index >= 15 is 0 Å². The zero-order chi connectivity index (χ0) is 28.5. The molecule has 214 valence electrons. The number of rotatable bonds is 19. The van der Waals surface area contributed by atoms with Crippen molar-refractivity contribution in [3.8, 4) is 0 Å². The van der Waals surface area contributed by atoms with Crippen molar-refractivity contribution in [3.05, 3.63) is 41.0 Å². The van der Waals surface area contributed by atoms with Gasteiger partial charge in [0.2, 0.25) is 18.9 Å². The summed E-state index contributed by atoms with van der Waals surface area (Å²) in [7, 11) is 0. The van der Waals surface area contributed by atoms with Crippen LogP contribution in [0.2, 0.25) is 0 Å². The molecule has 1 aromatic rings. The van der Waals surface area contributed by atoms with Crippen LogP contribution >= 0.6 is 0 Å². The average Bonchev–Trinajstić information content (AvgIpc) is 2.94. The molecule has 1 rings (SSSR count). The lowest BCUT2D eigenvalue weighted by Gasteiger charge is -2.22. The Morgan fingerprint density at radius 3 is 1.29 bits per heavy atom. The molecular formula is C29H44O9. The van der Waals surface area contributed by atoms with Crippen molar-refractivity contribution in [2.75, 3.05) is 0 Å². The molecule has 1 aromatic carbocycles. The number of hydrogen-bond donors (Lipinski definition) is 0. The third kappa shape index (κ3) is 11.8. The molecule has 0 saturated carbocycles. The van der Waals surface area contributed by atoms with Gasteiger partial charge in [-0.3, -0.25) is 14.4 Å². The van der Waals surface area contributed by atoms with E-state index in [4.69, 9.17) is 28.4 Å². The Morgan fingerprint density at radius 1 is 0.658 bits per heavy atom. The second kappa shape index (κ2) is 18.5. The maximum atomic E-state index is 11.8. The molecule has 0 radical (unpaired) electrons. The second-order valence-electron chi connectivity index (χ2n) is 8.51. The number of benzene rings is 1. The second-order valence-corrected chi connectivity index (χ2v) is 8.51. The first-order valence-corrected chi connectivity index (χ1v) is 13.4. The molecule has 0 N–H and O–H groups in total. The van der Waals surface area contributed by atoms with Crippen LogP contribution in [0.25, 0.3) is 6.08 Å². The molecular weight excluding hydrogens is 492 g/mol. The molecule has 0 saturated heterocycles. The third-order valence-corrected chi connectivity index (χ3v) is 5.56. The highest BCUT2D eigenvalue weighted by Gasteiger charge is 2.18. The lowest BCUT2D eigenvalue weighted by Crippen LogP contribution is -2.22. The van der Waals surface area contributed by atoms with Gasteiger partial charge in [-0.2, -0.15) is 0 Å². The Balaban J connectivity index is 3.21. The van der Waals surface area contributed by atoms with Crippen molar-refractivity contribution in [1.29, 1.82) is 0 Å². The minimum atomic E-state index is -0.685. The molecule has 3 unspecified atom stereocenters. The van der Waals surface area contributed by atoms with Crippen molar-refractivity contribution in [2.24, 2.45) is 0 Å². The Hall–Kier alpha value is -2.75. The van der Waals surface area contributed by atoms with Gasteiger partial charge in [-0.1, -0.05) is 66.3 Å². The first-order chi connectivity index (χ1) is 18.2. The van der Waals surface area contributed by atoms with Gasteiger partial charge in [0.05, 0.1) is 19.8 Å². The molecule has 0 aliphatic heterocycles. The highest BCUT2D eigenvalue weighted by molar-refractivity contribution is 5.69. The van der Waals surface area contributed by atoms with E-state index in [1.807, 2.05) is 32.9 Å². The van der Waals surface area contributed by atoms with Crippen molar-refractivity contribution in [2.45, 2.75) is 119 Å². The smallest absolute Gasteiger partial charge is 0.307 e. The number of esters is 3. The van der Waals surface area contributed by atoms with Crippen molar-refractivity contribution in [3.63, 3.8) is 0 Å². The summed E-state index contributed by atoms with van der Waals surface area (Å²) in [6.45, 7) is 15.2. The van der Waals surface area contributed by atoms with Crippen LogP contribution in [0.3, 0.4) is 0 Å². The van der Waals surface area contributed by atoms with Gasteiger partial charge < -0.3 is 28.4 Å². The fraction of sp³-hybridized carbons (Fsp3) is 0.621. The van der Waals surface area contributed by atoms with Crippen LogP contribution in [0.1, 0.15) is 102 Å². The molecule has 0 amide bonds. The van der Waals surface area contributed by atoms with Crippen molar-refractivity contribution in [1.82, 2.24) is 0 Å². The minimum Gasteiger partial charge on any atom is -0.436 e. The predicted molar refractivity (Wildman–Crippen MR) is 142 cm³/mol. The summed E-state index contributed by atoms with van der Waals surface area (Å²) < 4.78 is 33.8. The Morgan fingerprint density at radius 2 is 1.00 bits per heavy atom. The van der Waals surface area contributed by atoms with Crippen LogP contribution in [-0.2, 0) is 62.6 Å². The van der Waals surface area contributed by atoms with Gasteiger partial charge in [0, 0.05) is 38.5 Å². The normalized spacial score (nSPS) is 13.3. The summed E-state index contributed by atoms with van der Waals surface area (Å²) in [6.07, 6.45) is 1.94. The molecule has 0 fully saturated rings. The van der Waals surface area contributed by atoms with E-state index in [1.54, 1.807) is 26.8 Å². The van der Waals surface area contributed by atoms with Crippen LogP contribution in [0.5, 0.6) is 0 Å². The highest BCUT2D eigenvalue weighted by Crippen LogP contribution is 2.24. The maximum absolute atomic E-state index is 11.8. The lowest BCUT2D eigenvalue weighted by atomic mass is 9.98. The molecule has 9 heteroatoms. The standard InChI is InChI=1S/C29H44O9/c1-8-23-21(18-34-28(13-6)37-25(31)10-3)15-20(17-33-27(12-5)36-24(30)9-2)16-22(23)19-35-29(14-7)38-26(32)11-4/h8,15-16,27-29H,1,9-14,17-19H2,2-7H3. The Bertz CT molecular complexity index is 845. The molecule has 0 spiro atoms. The van der Waals surface area contributed by atoms with E-state index in [0.717, 1.165) is 22.3 Å². The van der Waals surface area contributed by atoms with Crippen molar-refractivity contribution >= 4 is 24.0 Å². The number of carbonyl (C=O) groups is 3. The first-order valence-electron chi connectivity index (χ1n) is 13.4. The molecule has 3 atom stereocenters. The summed E-state index contributed by atoms with van der Waals surface area (Å²) in [5.41, 5.74) is 3.19. The number of hydrogen-bond acceptors (Lipinski definition) is 9. The van der Waals surface area contributed by atoms with E-state index < -0.39 is 18.9 Å². The van der Waals surface area contributed by atoms with Crippen LogP contribution in [0.15, 0.2) is 18.7 Å². The van der Waals surface area contributed by atoms with Gasteiger partial charge in [0.1, 0.15) is 0 Å². The van der Waals surface area contributed by atoms with Gasteiger partial charge in [0.15, 0.2) is 0 Å². The third-order valence-electron chi connectivity index (χ3n) is 5.56. The number of carbonyl (C=O) groups excluding carboxylic acids is 3. The minimum absolute atomic E-state index is 0.155. The monoisotopic (exact) mass is 536 g/mol. The van der Waals surface area contributed by atoms with Crippen LogP contribution < -0.4 is 0 Å². The average molecular weight is 537 g/mol. The topological polar surface area (TPSA) is 107 Å². The predicted octanol–water partition coefficient (Wildman–Crippen LogP) is 5.95. The summed E-state index contributed by atoms with van der Waals surface area (Å²) in [4.78, 5) is 35.2. The first kappa shape index (κ1) is 33.3.